The van der Waals surface area contributed by atoms with Gasteiger partial charge in [0.05, 0.1) is 12.2 Å². The van der Waals surface area contributed by atoms with Crippen molar-refractivity contribution in [3.05, 3.63) is 108 Å². The number of β-amino-alcohol motifs (C(OH)–C–C–N with tert-alkyl or cyclic N) is 2. The lowest BCUT2D eigenvalue weighted by Crippen LogP contribution is -2.45. The van der Waals surface area contributed by atoms with E-state index in [2.05, 4.69) is 29.2 Å². The molecule has 168 valence electrons. The maximum absolute atomic E-state index is 10.7. The van der Waals surface area contributed by atoms with Gasteiger partial charge in [0.15, 0.2) is 0 Å². The molecule has 4 nitrogen and oxygen atoms in total. The lowest BCUT2D eigenvalue weighted by Gasteiger charge is -2.37. The lowest BCUT2D eigenvalue weighted by atomic mass is 9.90. The predicted octanol–water partition coefficient (Wildman–Crippen LogP) is 4.60. The number of aliphatic hydroxyl groups excluding tert-OH is 2. The highest BCUT2D eigenvalue weighted by Crippen LogP contribution is 2.28. The molecule has 1 aliphatic rings. The van der Waals surface area contributed by atoms with Crippen LogP contribution in [0.25, 0.3) is 0 Å². The quantitative estimate of drug-likeness (QED) is 0.520. The molecule has 0 amide bonds. The van der Waals surface area contributed by atoms with Crippen LogP contribution in [0.1, 0.15) is 41.7 Å². The zero-order valence-corrected chi connectivity index (χ0v) is 18.5. The first-order valence-corrected chi connectivity index (χ1v) is 11.6. The fourth-order valence-electron chi connectivity index (χ4n) is 4.55. The third-order valence-electron chi connectivity index (χ3n) is 6.40. The van der Waals surface area contributed by atoms with E-state index in [1.807, 2.05) is 66.7 Å². The van der Waals surface area contributed by atoms with E-state index in [0.29, 0.717) is 19.7 Å². The molecule has 0 aromatic heterocycles. The molecule has 0 spiro atoms. The molecule has 32 heavy (non-hydrogen) atoms. The van der Waals surface area contributed by atoms with E-state index < -0.39 is 12.2 Å². The van der Waals surface area contributed by atoms with Crippen LogP contribution in [0.3, 0.4) is 0 Å². The minimum atomic E-state index is -0.527. The van der Waals surface area contributed by atoms with E-state index in [4.69, 9.17) is 4.74 Å². The molecule has 3 atom stereocenters. The molecule has 3 aromatic rings. The number of aliphatic hydroxyl groups is 2. The molecule has 2 N–H and O–H groups in total. The Morgan fingerprint density at radius 1 is 0.812 bits per heavy atom. The Morgan fingerprint density at radius 3 is 1.88 bits per heavy atom. The molecule has 1 fully saturated rings. The van der Waals surface area contributed by atoms with Gasteiger partial charge in [0, 0.05) is 19.7 Å². The largest absolute Gasteiger partial charge is 0.392 e. The van der Waals surface area contributed by atoms with Gasteiger partial charge < -0.3 is 14.9 Å². The molecule has 1 unspecified atom stereocenters. The highest BCUT2D eigenvalue weighted by molar-refractivity contribution is 5.29. The van der Waals surface area contributed by atoms with Crippen molar-refractivity contribution >= 4 is 0 Å². The van der Waals surface area contributed by atoms with E-state index >= 15 is 0 Å². The average molecular weight is 432 g/mol. The summed E-state index contributed by atoms with van der Waals surface area (Å²) in [5.41, 5.74) is 3.21. The number of hydrogen-bond acceptors (Lipinski definition) is 4. The van der Waals surface area contributed by atoms with E-state index in [1.165, 1.54) is 0 Å². The summed E-state index contributed by atoms with van der Waals surface area (Å²) in [5, 5.41) is 21.2. The van der Waals surface area contributed by atoms with Crippen LogP contribution in [0.4, 0.5) is 0 Å². The van der Waals surface area contributed by atoms with Gasteiger partial charge in [-0.25, -0.2) is 0 Å². The van der Waals surface area contributed by atoms with Crippen molar-refractivity contribution in [1.29, 1.82) is 0 Å². The maximum atomic E-state index is 10.7. The van der Waals surface area contributed by atoms with E-state index in [-0.39, 0.29) is 12.0 Å². The molecule has 4 rings (SSSR count). The Hall–Kier alpha value is -2.50. The Morgan fingerprint density at radius 2 is 1.34 bits per heavy atom. The predicted molar refractivity (Wildman–Crippen MR) is 127 cm³/mol. The number of likely N-dealkylation sites (tertiary alicyclic amines) is 1. The summed E-state index contributed by atoms with van der Waals surface area (Å²) in [6.45, 7) is 2.62. The smallest absolute Gasteiger partial charge is 0.108 e. The van der Waals surface area contributed by atoms with Gasteiger partial charge in [-0.2, -0.15) is 0 Å². The van der Waals surface area contributed by atoms with Crippen LogP contribution >= 0.6 is 0 Å². The second-order valence-corrected chi connectivity index (χ2v) is 8.66. The minimum Gasteiger partial charge on any atom is -0.392 e. The first kappa shape index (κ1) is 22.7. The van der Waals surface area contributed by atoms with Crippen LogP contribution in [0.15, 0.2) is 91.0 Å². The Labute approximate surface area is 191 Å². The molecular weight excluding hydrogens is 398 g/mol. The zero-order chi connectivity index (χ0) is 22.2. The summed E-state index contributed by atoms with van der Waals surface area (Å²) >= 11 is 0. The van der Waals surface area contributed by atoms with Crippen LogP contribution in [-0.2, 0) is 4.74 Å². The second kappa shape index (κ2) is 11.4. The van der Waals surface area contributed by atoms with Crippen molar-refractivity contribution in [3.63, 3.8) is 0 Å². The molecule has 3 aromatic carbocycles. The first-order chi connectivity index (χ1) is 15.7. The fourth-order valence-corrected chi connectivity index (χ4v) is 4.55. The van der Waals surface area contributed by atoms with Crippen molar-refractivity contribution in [2.24, 2.45) is 5.92 Å². The zero-order valence-electron chi connectivity index (χ0n) is 18.5. The fraction of sp³-hybridized carbons (Fsp3) is 0.357. The highest BCUT2D eigenvalue weighted by atomic mass is 16.5. The third kappa shape index (κ3) is 6.05. The van der Waals surface area contributed by atoms with Crippen molar-refractivity contribution in [2.75, 3.05) is 26.2 Å². The molecule has 0 saturated carbocycles. The van der Waals surface area contributed by atoms with Crippen molar-refractivity contribution in [2.45, 2.75) is 31.2 Å². The van der Waals surface area contributed by atoms with Crippen LogP contribution in [0.2, 0.25) is 0 Å². The summed E-state index contributed by atoms with van der Waals surface area (Å²) in [7, 11) is 0. The van der Waals surface area contributed by atoms with Crippen LogP contribution < -0.4 is 0 Å². The lowest BCUT2D eigenvalue weighted by molar-refractivity contribution is -0.0154. The monoisotopic (exact) mass is 431 g/mol. The normalized spacial score (nSPS) is 20.3. The van der Waals surface area contributed by atoms with E-state index in [1.54, 1.807) is 0 Å². The summed E-state index contributed by atoms with van der Waals surface area (Å²) in [6.07, 6.45) is 0.707. The molecule has 0 radical (unpaired) electrons. The van der Waals surface area contributed by atoms with Gasteiger partial charge >= 0.3 is 0 Å². The number of piperidine rings is 1. The van der Waals surface area contributed by atoms with Gasteiger partial charge in [0.2, 0.25) is 0 Å². The Balaban J connectivity index is 1.28. The van der Waals surface area contributed by atoms with Gasteiger partial charge in [-0.05, 0) is 42.0 Å². The molecule has 1 aliphatic heterocycles. The molecule has 1 saturated heterocycles. The summed E-state index contributed by atoms with van der Waals surface area (Å²) < 4.78 is 6.35. The summed E-state index contributed by atoms with van der Waals surface area (Å²) in [4.78, 5) is 2.16. The highest BCUT2D eigenvalue weighted by Gasteiger charge is 2.29. The van der Waals surface area contributed by atoms with Gasteiger partial charge in [0.25, 0.3) is 0 Å². The molecular formula is C28H33NO3. The second-order valence-electron chi connectivity index (χ2n) is 8.66. The van der Waals surface area contributed by atoms with Crippen LogP contribution in [-0.4, -0.2) is 47.5 Å². The third-order valence-corrected chi connectivity index (χ3v) is 6.40. The minimum absolute atomic E-state index is 0.101. The summed E-state index contributed by atoms with van der Waals surface area (Å²) in [6, 6.07) is 30.3. The van der Waals surface area contributed by atoms with E-state index in [0.717, 1.165) is 36.1 Å². The topological polar surface area (TPSA) is 52.9 Å². The standard InChI is InChI=1S/C28H33NO3/c30-26(22-10-4-1-5-11-22)20-29-18-16-23(27(31)21-29)17-19-32-28(24-12-6-2-7-13-24)25-14-8-3-9-15-25/h1-15,23,26-28,30-31H,16-21H2/t23-,26?,27+/m1/s1. The Kier molecular flexibility index (Phi) is 8.07. The first-order valence-electron chi connectivity index (χ1n) is 11.6. The van der Waals surface area contributed by atoms with E-state index in [9.17, 15) is 10.2 Å². The van der Waals surface area contributed by atoms with Gasteiger partial charge in [-0.3, -0.25) is 4.90 Å². The van der Waals surface area contributed by atoms with Gasteiger partial charge in [0.1, 0.15) is 6.10 Å². The summed E-state index contributed by atoms with van der Waals surface area (Å²) in [5.74, 6) is 0.215. The number of nitrogens with zero attached hydrogens (tertiary/aromatic N) is 1. The van der Waals surface area contributed by atoms with Crippen LogP contribution in [0, 0.1) is 5.92 Å². The number of benzene rings is 3. The van der Waals surface area contributed by atoms with Crippen molar-refractivity contribution < 1.29 is 14.9 Å². The average Bonchev–Trinajstić information content (AvgIpc) is 2.84. The molecule has 4 heteroatoms. The molecule has 0 bridgehead atoms. The van der Waals surface area contributed by atoms with Crippen molar-refractivity contribution in [1.82, 2.24) is 4.90 Å². The SMILES string of the molecule is OC(CN1CC[C@H](CCOC(c2ccccc2)c2ccccc2)[C@@H](O)C1)c1ccccc1. The Bertz CT molecular complexity index is 880. The van der Waals surface area contributed by atoms with Crippen molar-refractivity contribution in [3.8, 4) is 0 Å². The molecule has 1 heterocycles. The van der Waals surface area contributed by atoms with Gasteiger partial charge in [-0.15, -0.1) is 0 Å². The van der Waals surface area contributed by atoms with Gasteiger partial charge in [-0.1, -0.05) is 91.0 Å². The maximum Gasteiger partial charge on any atom is 0.108 e. The van der Waals surface area contributed by atoms with Crippen LogP contribution in [0.5, 0.6) is 0 Å². The molecule has 0 aliphatic carbocycles. The number of ether oxygens (including phenoxy) is 1. The number of rotatable bonds is 9. The number of hydrogen-bond donors (Lipinski definition) is 2.